The highest BCUT2D eigenvalue weighted by atomic mass is 79.9. The lowest BCUT2D eigenvalue weighted by molar-refractivity contribution is 0.233. The van der Waals surface area contributed by atoms with E-state index in [1.807, 2.05) is 19.1 Å². The van der Waals surface area contributed by atoms with Crippen LogP contribution in [0.2, 0.25) is 0 Å². The molecule has 0 saturated carbocycles. The van der Waals surface area contributed by atoms with Gasteiger partial charge in [-0.15, -0.1) is 0 Å². The molecule has 19 heavy (non-hydrogen) atoms. The van der Waals surface area contributed by atoms with E-state index in [1.165, 1.54) is 0 Å². The molecular weight excluding hydrogens is 302 g/mol. The van der Waals surface area contributed by atoms with Crippen molar-refractivity contribution in [3.63, 3.8) is 0 Å². The predicted molar refractivity (Wildman–Crippen MR) is 85.5 cm³/mol. The van der Waals surface area contributed by atoms with Gasteiger partial charge in [0.2, 0.25) is 0 Å². The molecular formula is C16H26BrNO. The molecule has 0 fully saturated rings. The van der Waals surface area contributed by atoms with Crippen LogP contribution in [0.4, 0.5) is 0 Å². The average Bonchev–Trinajstić information content (AvgIpc) is 2.27. The molecule has 0 aliphatic heterocycles. The maximum absolute atomic E-state index is 6.35. The fourth-order valence-electron chi connectivity index (χ4n) is 1.93. The molecule has 0 saturated heterocycles. The lowest BCUT2D eigenvalue weighted by atomic mass is 9.78. The zero-order chi connectivity index (χ0) is 14.6. The number of hydrogen-bond acceptors (Lipinski definition) is 2. The van der Waals surface area contributed by atoms with E-state index < -0.39 is 0 Å². The third kappa shape index (κ3) is 4.81. The van der Waals surface area contributed by atoms with Crippen LogP contribution in [0.5, 0.6) is 5.75 Å². The highest BCUT2D eigenvalue weighted by Crippen LogP contribution is 2.35. The molecule has 0 aliphatic carbocycles. The zero-order valence-electron chi connectivity index (χ0n) is 12.7. The second-order valence-electron chi connectivity index (χ2n) is 6.23. The van der Waals surface area contributed by atoms with Crippen LogP contribution in [-0.2, 0) is 0 Å². The molecule has 0 aromatic heterocycles. The van der Waals surface area contributed by atoms with Crippen LogP contribution in [0.15, 0.2) is 22.7 Å². The van der Waals surface area contributed by atoms with Crippen LogP contribution in [0.1, 0.15) is 52.6 Å². The van der Waals surface area contributed by atoms with Crippen molar-refractivity contribution < 1.29 is 4.74 Å². The summed E-state index contributed by atoms with van der Waals surface area (Å²) in [6, 6.07) is 6.11. The van der Waals surface area contributed by atoms with E-state index in [0.717, 1.165) is 22.2 Å². The highest BCUT2D eigenvalue weighted by molar-refractivity contribution is 9.10. The Morgan fingerprint density at radius 2 is 1.95 bits per heavy atom. The molecule has 0 amide bonds. The first-order valence-electron chi connectivity index (χ1n) is 6.93. The van der Waals surface area contributed by atoms with Gasteiger partial charge in [0.15, 0.2) is 0 Å². The number of ether oxygens (including phenoxy) is 1. The van der Waals surface area contributed by atoms with Crippen molar-refractivity contribution in [3.05, 3.63) is 28.2 Å². The number of rotatable bonds is 5. The Kier molecular flexibility index (Phi) is 5.87. The summed E-state index contributed by atoms with van der Waals surface area (Å²) < 4.78 is 6.52. The van der Waals surface area contributed by atoms with Crippen LogP contribution >= 0.6 is 15.9 Å². The monoisotopic (exact) mass is 327 g/mol. The summed E-state index contributed by atoms with van der Waals surface area (Å²) in [6.45, 7) is 11.7. The van der Waals surface area contributed by atoms with Crippen LogP contribution < -0.4 is 10.5 Å². The summed E-state index contributed by atoms with van der Waals surface area (Å²) in [6.07, 6.45) is 0.982. The number of nitrogens with two attached hydrogens (primary N) is 1. The van der Waals surface area contributed by atoms with Crippen molar-refractivity contribution in [2.75, 3.05) is 6.61 Å². The Balaban J connectivity index is 2.80. The Bertz CT molecular complexity index is 412. The molecule has 0 bridgehead atoms. The van der Waals surface area contributed by atoms with E-state index in [0.29, 0.717) is 12.5 Å². The first-order chi connectivity index (χ1) is 8.75. The summed E-state index contributed by atoms with van der Waals surface area (Å²) in [4.78, 5) is 0. The molecule has 1 rings (SSSR count). The summed E-state index contributed by atoms with van der Waals surface area (Å²) in [5, 5.41) is 0. The topological polar surface area (TPSA) is 35.2 Å². The van der Waals surface area contributed by atoms with Gasteiger partial charge >= 0.3 is 0 Å². The molecule has 0 spiro atoms. The SMILES string of the molecule is CCOc1ccc(C(N)CC(C)C(C)(C)C)c(Br)c1. The van der Waals surface area contributed by atoms with Crippen molar-refractivity contribution in [2.24, 2.45) is 17.1 Å². The molecule has 2 unspecified atom stereocenters. The van der Waals surface area contributed by atoms with Crippen molar-refractivity contribution in [1.82, 2.24) is 0 Å². The minimum absolute atomic E-state index is 0.0549. The summed E-state index contributed by atoms with van der Waals surface area (Å²) >= 11 is 3.60. The van der Waals surface area contributed by atoms with Crippen molar-refractivity contribution in [2.45, 2.75) is 47.1 Å². The van der Waals surface area contributed by atoms with E-state index in [4.69, 9.17) is 10.5 Å². The molecule has 0 radical (unpaired) electrons. The smallest absolute Gasteiger partial charge is 0.120 e. The van der Waals surface area contributed by atoms with Crippen molar-refractivity contribution in [1.29, 1.82) is 0 Å². The molecule has 1 aromatic rings. The van der Waals surface area contributed by atoms with E-state index in [9.17, 15) is 0 Å². The largest absolute Gasteiger partial charge is 0.494 e. The minimum Gasteiger partial charge on any atom is -0.494 e. The minimum atomic E-state index is 0.0549. The first-order valence-corrected chi connectivity index (χ1v) is 7.72. The standard InChI is InChI=1S/C16H26BrNO/c1-6-19-12-7-8-13(14(17)10-12)15(18)9-11(2)16(3,4)5/h7-8,10-11,15H,6,9,18H2,1-5H3. The molecule has 2 atom stereocenters. The number of hydrogen-bond donors (Lipinski definition) is 1. The summed E-state index contributed by atoms with van der Waals surface area (Å²) in [7, 11) is 0. The van der Waals surface area contributed by atoms with Gasteiger partial charge < -0.3 is 10.5 Å². The Labute approximate surface area is 125 Å². The van der Waals surface area contributed by atoms with E-state index in [2.05, 4.69) is 49.7 Å². The van der Waals surface area contributed by atoms with Gasteiger partial charge in [-0.3, -0.25) is 0 Å². The van der Waals surface area contributed by atoms with Crippen LogP contribution in [0, 0.1) is 11.3 Å². The van der Waals surface area contributed by atoms with Crippen molar-refractivity contribution >= 4 is 15.9 Å². The predicted octanol–water partition coefficient (Wildman–Crippen LogP) is 4.92. The number of halogens is 1. The van der Waals surface area contributed by atoms with E-state index >= 15 is 0 Å². The average molecular weight is 328 g/mol. The van der Waals surface area contributed by atoms with Crippen molar-refractivity contribution in [3.8, 4) is 5.75 Å². The van der Waals surface area contributed by atoms with Gasteiger partial charge in [0.1, 0.15) is 5.75 Å². The van der Waals surface area contributed by atoms with E-state index in [1.54, 1.807) is 0 Å². The van der Waals surface area contributed by atoms with Gasteiger partial charge in [0, 0.05) is 10.5 Å². The third-order valence-corrected chi connectivity index (χ3v) is 4.46. The molecule has 1 aromatic carbocycles. The van der Waals surface area contributed by atoms with Gasteiger partial charge in [-0.25, -0.2) is 0 Å². The fourth-order valence-corrected chi connectivity index (χ4v) is 2.58. The Morgan fingerprint density at radius 1 is 1.32 bits per heavy atom. The quantitative estimate of drug-likeness (QED) is 0.832. The van der Waals surface area contributed by atoms with Crippen LogP contribution in [0.3, 0.4) is 0 Å². The lowest BCUT2D eigenvalue weighted by Crippen LogP contribution is -2.23. The fraction of sp³-hybridized carbons (Fsp3) is 0.625. The van der Waals surface area contributed by atoms with E-state index in [-0.39, 0.29) is 11.5 Å². The highest BCUT2D eigenvalue weighted by Gasteiger charge is 2.23. The lowest BCUT2D eigenvalue weighted by Gasteiger charge is -2.30. The maximum Gasteiger partial charge on any atom is 0.120 e. The first kappa shape index (κ1) is 16.5. The van der Waals surface area contributed by atoms with Gasteiger partial charge in [-0.05, 0) is 42.4 Å². The molecule has 2 N–H and O–H groups in total. The van der Waals surface area contributed by atoms with Crippen LogP contribution in [-0.4, -0.2) is 6.61 Å². The van der Waals surface area contributed by atoms with Gasteiger partial charge in [-0.1, -0.05) is 49.7 Å². The van der Waals surface area contributed by atoms with Gasteiger partial charge in [0.05, 0.1) is 6.61 Å². The molecule has 2 nitrogen and oxygen atoms in total. The second kappa shape index (κ2) is 6.76. The number of benzene rings is 1. The Hall–Kier alpha value is -0.540. The molecule has 3 heteroatoms. The van der Waals surface area contributed by atoms with Gasteiger partial charge in [-0.2, -0.15) is 0 Å². The molecule has 0 aliphatic rings. The van der Waals surface area contributed by atoms with Crippen LogP contribution in [0.25, 0.3) is 0 Å². The maximum atomic E-state index is 6.35. The van der Waals surface area contributed by atoms with Gasteiger partial charge in [0.25, 0.3) is 0 Å². The third-order valence-electron chi connectivity index (χ3n) is 3.77. The zero-order valence-corrected chi connectivity index (χ0v) is 14.3. The summed E-state index contributed by atoms with van der Waals surface area (Å²) in [5.41, 5.74) is 7.79. The summed E-state index contributed by atoms with van der Waals surface area (Å²) in [5.74, 6) is 1.45. The normalized spacial score (nSPS) is 15.1. The Morgan fingerprint density at radius 3 is 2.42 bits per heavy atom. The molecule has 108 valence electrons. The second-order valence-corrected chi connectivity index (χ2v) is 7.08. The molecule has 0 heterocycles.